The second kappa shape index (κ2) is 3.91. The Morgan fingerprint density at radius 1 is 1.15 bits per heavy atom. The molecule has 0 bridgehead atoms. The van der Waals surface area contributed by atoms with Crippen molar-refractivity contribution in [3.63, 3.8) is 0 Å². The summed E-state index contributed by atoms with van der Waals surface area (Å²) in [7, 11) is 0. The van der Waals surface area contributed by atoms with Crippen molar-refractivity contribution < 1.29 is 4.39 Å². The maximum atomic E-state index is 13.3. The van der Waals surface area contributed by atoms with Crippen LogP contribution in [0.3, 0.4) is 0 Å². The lowest BCUT2D eigenvalue weighted by Gasteiger charge is -2.10. The first-order chi connectivity index (χ1) is 6.00. The Morgan fingerprint density at radius 3 is 2.15 bits per heavy atom. The Hall–Kier alpha value is -0.180. The highest BCUT2D eigenvalue weighted by Gasteiger charge is 2.18. The molecule has 1 nitrogen and oxygen atoms in total. The molecule has 0 aliphatic heterocycles. The zero-order valence-corrected chi connectivity index (χ0v) is 9.06. The summed E-state index contributed by atoms with van der Waals surface area (Å²) in [4.78, 5) is 0. The molecule has 72 valence electrons. The van der Waals surface area contributed by atoms with Crippen LogP contribution in [0, 0.1) is 5.82 Å². The molecule has 13 heavy (non-hydrogen) atoms. The number of halogens is 4. The lowest BCUT2D eigenvalue weighted by atomic mass is 10.1. The zero-order valence-electron chi connectivity index (χ0n) is 6.80. The Labute approximate surface area is 90.6 Å². The van der Waals surface area contributed by atoms with Crippen LogP contribution in [0.2, 0.25) is 15.1 Å². The van der Waals surface area contributed by atoms with Crippen molar-refractivity contribution in [2.75, 3.05) is 5.73 Å². The average molecular weight is 243 g/mol. The zero-order chi connectivity index (χ0) is 10.2. The molecular formula is C8H7Cl3FN. The van der Waals surface area contributed by atoms with E-state index in [0.29, 0.717) is 12.0 Å². The molecule has 1 aromatic carbocycles. The van der Waals surface area contributed by atoms with Gasteiger partial charge in [0.15, 0.2) is 0 Å². The van der Waals surface area contributed by atoms with Gasteiger partial charge in [0.05, 0.1) is 20.8 Å². The molecule has 0 unspecified atom stereocenters. The summed E-state index contributed by atoms with van der Waals surface area (Å²) in [6.45, 7) is 1.76. The molecule has 0 saturated carbocycles. The Balaban J connectivity index is 3.56. The van der Waals surface area contributed by atoms with Gasteiger partial charge >= 0.3 is 0 Å². The molecule has 0 aliphatic rings. The molecule has 0 aliphatic carbocycles. The molecule has 0 saturated heterocycles. The first kappa shape index (κ1) is 10.9. The fourth-order valence-electron chi connectivity index (χ4n) is 1.01. The van der Waals surface area contributed by atoms with Gasteiger partial charge < -0.3 is 5.73 Å². The summed E-state index contributed by atoms with van der Waals surface area (Å²) in [5, 5.41) is -0.0452. The number of hydrogen-bond donors (Lipinski definition) is 1. The van der Waals surface area contributed by atoms with Gasteiger partial charge in [-0.05, 0) is 6.42 Å². The monoisotopic (exact) mass is 241 g/mol. The maximum absolute atomic E-state index is 13.3. The quantitative estimate of drug-likeness (QED) is 0.451. The number of nitrogens with two attached hydrogens (primary N) is 1. The van der Waals surface area contributed by atoms with Gasteiger partial charge in [0.25, 0.3) is 0 Å². The fourth-order valence-corrected chi connectivity index (χ4v) is 1.77. The Bertz CT molecular complexity index is 323. The van der Waals surface area contributed by atoms with Crippen LogP contribution in [0.15, 0.2) is 0 Å². The van der Waals surface area contributed by atoms with Crippen LogP contribution >= 0.6 is 34.8 Å². The minimum atomic E-state index is -0.589. The standard InChI is InChI=1S/C8H7Cl3FN/c1-2-3-4(9)8(13)6(11)5(10)7(3)12/h2,13H2,1H3. The molecule has 1 rings (SSSR count). The predicted octanol–water partition coefficient (Wildman–Crippen LogP) is 3.93. The largest absolute Gasteiger partial charge is 0.396 e. The first-order valence-corrected chi connectivity index (χ1v) is 4.74. The number of nitrogen functional groups attached to an aromatic ring is 1. The Morgan fingerprint density at radius 2 is 1.69 bits per heavy atom. The van der Waals surface area contributed by atoms with Crippen LogP contribution in [-0.4, -0.2) is 0 Å². The molecule has 0 spiro atoms. The molecule has 0 aromatic heterocycles. The van der Waals surface area contributed by atoms with Crippen molar-refractivity contribution in [2.24, 2.45) is 0 Å². The van der Waals surface area contributed by atoms with Gasteiger partial charge in [0, 0.05) is 5.56 Å². The van der Waals surface area contributed by atoms with E-state index in [1.807, 2.05) is 0 Å². The third-order valence-electron chi connectivity index (χ3n) is 1.74. The second-order valence-corrected chi connectivity index (χ2v) is 3.64. The highest BCUT2D eigenvalue weighted by atomic mass is 35.5. The number of rotatable bonds is 1. The van der Waals surface area contributed by atoms with E-state index in [-0.39, 0.29) is 20.8 Å². The molecule has 2 N–H and O–H groups in total. The summed E-state index contributed by atoms with van der Waals surface area (Å²) in [5.41, 5.74) is 5.94. The summed E-state index contributed by atoms with van der Waals surface area (Å²) >= 11 is 17.0. The lowest BCUT2D eigenvalue weighted by molar-refractivity contribution is 0.613. The molecule has 0 fully saturated rings. The van der Waals surface area contributed by atoms with Gasteiger partial charge in [-0.15, -0.1) is 0 Å². The fraction of sp³-hybridized carbons (Fsp3) is 0.250. The highest BCUT2D eigenvalue weighted by molar-refractivity contribution is 6.46. The van der Waals surface area contributed by atoms with Gasteiger partial charge in [0.2, 0.25) is 0 Å². The van der Waals surface area contributed by atoms with Crippen LogP contribution < -0.4 is 5.73 Å². The SMILES string of the molecule is CCc1c(F)c(Cl)c(Cl)c(N)c1Cl. The van der Waals surface area contributed by atoms with Crippen LogP contribution in [0.1, 0.15) is 12.5 Å². The predicted molar refractivity (Wildman–Crippen MR) is 55.2 cm³/mol. The third kappa shape index (κ3) is 1.71. The van der Waals surface area contributed by atoms with E-state index < -0.39 is 5.82 Å². The molecule has 0 atom stereocenters. The second-order valence-electron chi connectivity index (χ2n) is 2.50. The van der Waals surface area contributed by atoms with Gasteiger partial charge in [-0.1, -0.05) is 41.7 Å². The molecule has 0 heterocycles. The lowest BCUT2D eigenvalue weighted by Crippen LogP contribution is -1.98. The molecule has 0 radical (unpaired) electrons. The third-order valence-corrected chi connectivity index (χ3v) is 3.02. The van der Waals surface area contributed by atoms with Crippen LogP contribution in [0.25, 0.3) is 0 Å². The van der Waals surface area contributed by atoms with Crippen LogP contribution in [-0.2, 0) is 6.42 Å². The van der Waals surface area contributed by atoms with Gasteiger partial charge in [-0.2, -0.15) is 0 Å². The normalized spacial score (nSPS) is 10.5. The number of anilines is 1. The van der Waals surface area contributed by atoms with E-state index in [1.54, 1.807) is 6.92 Å². The van der Waals surface area contributed by atoms with Gasteiger partial charge in [-0.3, -0.25) is 0 Å². The van der Waals surface area contributed by atoms with Crippen molar-refractivity contribution in [3.05, 3.63) is 26.4 Å². The van der Waals surface area contributed by atoms with E-state index in [1.165, 1.54) is 0 Å². The van der Waals surface area contributed by atoms with E-state index in [0.717, 1.165) is 0 Å². The first-order valence-electron chi connectivity index (χ1n) is 3.61. The summed E-state index contributed by atoms with van der Waals surface area (Å²) in [5.74, 6) is -0.589. The van der Waals surface area contributed by atoms with Gasteiger partial charge in [-0.25, -0.2) is 4.39 Å². The topological polar surface area (TPSA) is 26.0 Å². The Kier molecular flexibility index (Phi) is 3.28. The highest BCUT2D eigenvalue weighted by Crippen LogP contribution is 2.39. The van der Waals surface area contributed by atoms with Gasteiger partial charge in [0.1, 0.15) is 5.82 Å². The average Bonchev–Trinajstić information content (AvgIpc) is 2.13. The summed E-state index contributed by atoms with van der Waals surface area (Å²) in [6, 6.07) is 0. The molecule has 5 heteroatoms. The molecular weight excluding hydrogens is 235 g/mol. The molecule has 0 amide bonds. The minimum absolute atomic E-state index is 0.0265. The summed E-state index contributed by atoms with van der Waals surface area (Å²) < 4.78 is 13.3. The van der Waals surface area contributed by atoms with E-state index in [9.17, 15) is 4.39 Å². The van der Waals surface area contributed by atoms with E-state index in [4.69, 9.17) is 40.5 Å². The van der Waals surface area contributed by atoms with E-state index in [2.05, 4.69) is 0 Å². The van der Waals surface area contributed by atoms with Crippen molar-refractivity contribution in [1.29, 1.82) is 0 Å². The van der Waals surface area contributed by atoms with Crippen molar-refractivity contribution in [3.8, 4) is 0 Å². The molecule has 1 aromatic rings. The van der Waals surface area contributed by atoms with Crippen molar-refractivity contribution in [2.45, 2.75) is 13.3 Å². The smallest absolute Gasteiger partial charge is 0.148 e. The minimum Gasteiger partial charge on any atom is -0.396 e. The van der Waals surface area contributed by atoms with Crippen molar-refractivity contribution >= 4 is 40.5 Å². The van der Waals surface area contributed by atoms with Crippen LogP contribution in [0.4, 0.5) is 10.1 Å². The number of hydrogen-bond acceptors (Lipinski definition) is 1. The summed E-state index contributed by atoms with van der Waals surface area (Å²) in [6.07, 6.45) is 0.422. The van der Waals surface area contributed by atoms with Crippen LogP contribution in [0.5, 0.6) is 0 Å². The number of benzene rings is 1. The maximum Gasteiger partial charge on any atom is 0.148 e. The van der Waals surface area contributed by atoms with E-state index >= 15 is 0 Å². The van der Waals surface area contributed by atoms with Crippen molar-refractivity contribution in [1.82, 2.24) is 0 Å².